The van der Waals surface area contributed by atoms with E-state index in [1.54, 1.807) is 7.11 Å². The normalized spacial score (nSPS) is 17.8. The summed E-state index contributed by atoms with van der Waals surface area (Å²) in [5.41, 5.74) is 0.905. The Hall–Kier alpha value is -1.56. The monoisotopic (exact) mass is 383 g/mol. The molecule has 0 aliphatic carbocycles. The molecule has 1 aromatic rings. The number of ether oxygens (including phenoxy) is 1. The fourth-order valence-corrected chi connectivity index (χ4v) is 3.33. The van der Waals surface area contributed by atoms with Gasteiger partial charge in [-0.2, -0.15) is 0 Å². The molecule has 1 heterocycles. The molecule has 0 radical (unpaired) electrons. The number of aliphatic carboxylic acids is 1. The first-order valence-corrected chi connectivity index (χ1v) is 8.61. The maximum absolute atomic E-state index is 12.6. The van der Waals surface area contributed by atoms with Crippen LogP contribution >= 0.6 is 15.9 Å². The van der Waals surface area contributed by atoms with Gasteiger partial charge in [0.2, 0.25) is 5.91 Å². The zero-order chi connectivity index (χ0) is 16.8. The molecule has 126 valence electrons. The van der Waals surface area contributed by atoms with Crippen molar-refractivity contribution in [1.82, 2.24) is 4.90 Å². The number of carbonyl (C=O) groups is 2. The van der Waals surface area contributed by atoms with Crippen LogP contribution in [0.15, 0.2) is 22.7 Å². The number of likely N-dealkylation sites (tertiary alicyclic amines) is 1. The smallest absolute Gasteiger partial charge is 0.303 e. The van der Waals surface area contributed by atoms with Crippen LogP contribution in [-0.2, 0) is 16.0 Å². The van der Waals surface area contributed by atoms with E-state index in [1.165, 1.54) is 0 Å². The average molecular weight is 384 g/mol. The Morgan fingerprint density at radius 1 is 1.43 bits per heavy atom. The third kappa shape index (κ3) is 5.23. The van der Waals surface area contributed by atoms with Gasteiger partial charge in [0.05, 0.1) is 13.5 Å². The summed E-state index contributed by atoms with van der Waals surface area (Å²) in [6.07, 6.45) is 3.08. The quantitative estimate of drug-likeness (QED) is 0.819. The van der Waals surface area contributed by atoms with Gasteiger partial charge in [0, 0.05) is 24.0 Å². The van der Waals surface area contributed by atoms with Gasteiger partial charge in [-0.15, -0.1) is 0 Å². The van der Waals surface area contributed by atoms with Gasteiger partial charge in [0.25, 0.3) is 0 Å². The second kappa shape index (κ2) is 8.34. The van der Waals surface area contributed by atoms with Gasteiger partial charge in [0.1, 0.15) is 5.75 Å². The Morgan fingerprint density at radius 3 is 2.91 bits per heavy atom. The van der Waals surface area contributed by atoms with E-state index in [9.17, 15) is 9.59 Å². The fourth-order valence-electron chi connectivity index (χ4n) is 2.94. The van der Waals surface area contributed by atoms with Crippen molar-refractivity contribution in [3.8, 4) is 5.75 Å². The Bertz CT molecular complexity index is 576. The van der Waals surface area contributed by atoms with E-state index in [4.69, 9.17) is 9.84 Å². The Morgan fingerprint density at radius 2 is 2.22 bits per heavy atom. The summed E-state index contributed by atoms with van der Waals surface area (Å²) in [6, 6.07) is 5.60. The molecule has 1 atom stereocenters. The zero-order valence-electron chi connectivity index (χ0n) is 13.3. The van der Waals surface area contributed by atoms with Gasteiger partial charge in [-0.25, -0.2) is 0 Å². The summed E-state index contributed by atoms with van der Waals surface area (Å²) >= 11 is 3.47. The third-order valence-electron chi connectivity index (χ3n) is 4.23. The lowest BCUT2D eigenvalue weighted by Gasteiger charge is -2.33. The largest absolute Gasteiger partial charge is 0.497 e. The van der Waals surface area contributed by atoms with Crippen molar-refractivity contribution in [2.45, 2.75) is 32.1 Å². The average Bonchev–Trinajstić information content (AvgIpc) is 2.55. The molecular formula is C17H22BrNO4. The molecule has 6 heteroatoms. The number of methoxy groups -OCH3 is 1. The Balaban J connectivity index is 1.96. The van der Waals surface area contributed by atoms with Crippen molar-refractivity contribution < 1.29 is 19.4 Å². The van der Waals surface area contributed by atoms with E-state index in [0.29, 0.717) is 19.4 Å². The molecule has 1 N–H and O–H groups in total. The molecule has 1 saturated heterocycles. The molecule has 5 nitrogen and oxygen atoms in total. The van der Waals surface area contributed by atoms with Gasteiger partial charge >= 0.3 is 5.97 Å². The molecule has 0 aromatic heterocycles. The van der Waals surface area contributed by atoms with Crippen LogP contribution < -0.4 is 4.74 Å². The molecule has 1 aliphatic rings. The maximum Gasteiger partial charge on any atom is 0.303 e. The van der Waals surface area contributed by atoms with E-state index in [2.05, 4.69) is 15.9 Å². The number of carbonyl (C=O) groups excluding carboxylic acids is 1. The Kier molecular flexibility index (Phi) is 6.45. The third-order valence-corrected chi connectivity index (χ3v) is 5.01. The number of halogens is 1. The van der Waals surface area contributed by atoms with Crippen molar-refractivity contribution in [1.29, 1.82) is 0 Å². The number of amides is 1. The van der Waals surface area contributed by atoms with Gasteiger partial charge in [-0.1, -0.05) is 15.9 Å². The highest BCUT2D eigenvalue weighted by molar-refractivity contribution is 9.10. The molecule has 1 aromatic carbocycles. The molecule has 0 unspecified atom stereocenters. The van der Waals surface area contributed by atoms with Gasteiger partial charge in [0.15, 0.2) is 0 Å². The Labute approximate surface area is 144 Å². The van der Waals surface area contributed by atoms with Gasteiger partial charge in [-0.05, 0) is 48.9 Å². The minimum Gasteiger partial charge on any atom is -0.497 e. The minimum atomic E-state index is -0.770. The molecule has 23 heavy (non-hydrogen) atoms. The molecular weight excluding hydrogens is 362 g/mol. The second-order valence-electron chi connectivity index (χ2n) is 5.91. The topological polar surface area (TPSA) is 66.8 Å². The summed E-state index contributed by atoms with van der Waals surface area (Å²) in [4.78, 5) is 25.1. The molecule has 0 spiro atoms. The molecule has 1 aliphatic heterocycles. The number of rotatable bonds is 6. The lowest BCUT2D eigenvalue weighted by Crippen LogP contribution is -2.40. The lowest BCUT2D eigenvalue weighted by molar-refractivity contribution is -0.137. The summed E-state index contributed by atoms with van der Waals surface area (Å²) in [5.74, 6) is 0.333. The second-order valence-corrected chi connectivity index (χ2v) is 6.77. The zero-order valence-corrected chi connectivity index (χ0v) is 14.8. The van der Waals surface area contributed by atoms with Crippen molar-refractivity contribution in [3.63, 3.8) is 0 Å². The molecule has 2 rings (SSSR count). The fraction of sp³-hybridized carbons (Fsp3) is 0.529. The van der Waals surface area contributed by atoms with E-state index in [0.717, 1.165) is 35.2 Å². The lowest BCUT2D eigenvalue weighted by atomic mass is 9.93. The first kappa shape index (κ1) is 17.8. The van der Waals surface area contributed by atoms with Crippen LogP contribution in [0.5, 0.6) is 5.75 Å². The van der Waals surface area contributed by atoms with Crippen LogP contribution in [0.1, 0.15) is 31.2 Å². The summed E-state index contributed by atoms with van der Waals surface area (Å²) < 4.78 is 6.10. The predicted octanol–water partition coefficient (Wildman–Crippen LogP) is 3.10. The molecule has 0 saturated carbocycles. The van der Waals surface area contributed by atoms with Gasteiger partial charge < -0.3 is 14.7 Å². The van der Waals surface area contributed by atoms with Crippen LogP contribution in [0.2, 0.25) is 0 Å². The first-order chi connectivity index (χ1) is 11.0. The number of hydrogen-bond acceptors (Lipinski definition) is 3. The SMILES string of the molecule is COc1ccc(Br)c(CC(=O)N2CCC[C@@H](CCC(=O)O)C2)c1. The summed E-state index contributed by atoms with van der Waals surface area (Å²) in [6.45, 7) is 1.41. The highest BCUT2D eigenvalue weighted by Gasteiger charge is 2.24. The highest BCUT2D eigenvalue weighted by Crippen LogP contribution is 2.25. The summed E-state index contributed by atoms with van der Waals surface area (Å²) in [7, 11) is 1.60. The van der Waals surface area contributed by atoms with Crippen LogP contribution in [0.4, 0.5) is 0 Å². The summed E-state index contributed by atoms with van der Waals surface area (Å²) in [5, 5.41) is 8.80. The minimum absolute atomic E-state index is 0.0824. The molecule has 1 amide bonds. The van der Waals surface area contributed by atoms with Crippen molar-refractivity contribution >= 4 is 27.8 Å². The number of piperidine rings is 1. The van der Waals surface area contributed by atoms with Crippen LogP contribution in [0, 0.1) is 5.92 Å². The number of benzene rings is 1. The predicted molar refractivity (Wildman–Crippen MR) is 90.6 cm³/mol. The van der Waals surface area contributed by atoms with Crippen LogP contribution in [0.3, 0.4) is 0 Å². The highest BCUT2D eigenvalue weighted by atomic mass is 79.9. The molecule has 0 bridgehead atoms. The van der Waals surface area contributed by atoms with Crippen molar-refractivity contribution in [2.75, 3.05) is 20.2 Å². The van der Waals surface area contributed by atoms with E-state index < -0.39 is 5.97 Å². The van der Waals surface area contributed by atoms with Gasteiger partial charge in [-0.3, -0.25) is 9.59 Å². The maximum atomic E-state index is 12.6. The van der Waals surface area contributed by atoms with E-state index >= 15 is 0 Å². The van der Waals surface area contributed by atoms with E-state index in [-0.39, 0.29) is 18.2 Å². The van der Waals surface area contributed by atoms with E-state index in [1.807, 2.05) is 23.1 Å². The number of carboxylic acids is 1. The molecule has 1 fully saturated rings. The van der Waals surface area contributed by atoms with Crippen molar-refractivity contribution in [3.05, 3.63) is 28.2 Å². The first-order valence-electron chi connectivity index (χ1n) is 7.81. The number of nitrogens with zero attached hydrogens (tertiary/aromatic N) is 1. The van der Waals surface area contributed by atoms with Crippen molar-refractivity contribution in [2.24, 2.45) is 5.92 Å². The van der Waals surface area contributed by atoms with Crippen LogP contribution in [-0.4, -0.2) is 42.1 Å². The van der Waals surface area contributed by atoms with Crippen LogP contribution in [0.25, 0.3) is 0 Å². The number of hydrogen-bond donors (Lipinski definition) is 1. The number of carboxylic acid groups (broad SMARTS) is 1. The standard InChI is InChI=1S/C17H22BrNO4/c1-23-14-5-6-15(18)13(9-14)10-16(20)19-8-2-3-12(11-19)4-7-17(21)22/h5-6,9,12H,2-4,7-8,10-11H2,1H3,(H,21,22)/t12-/m0/s1.